The molecule has 1 aliphatic carbocycles. The van der Waals surface area contributed by atoms with Crippen LogP contribution in [0.2, 0.25) is 0 Å². The van der Waals surface area contributed by atoms with Gasteiger partial charge in [-0.15, -0.1) is 0 Å². The van der Waals surface area contributed by atoms with Gasteiger partial charge in [0, 0.05) is 0 Å². The molecule has 1 atom stereocenters. The number of pyridine rings is 1. The number of halogens is 1. The van der Waals surface area contributed by atoms with Crippen molar-refractivity contribution in [2.45, 2.75) is 18.9 Å². The lowest BCUT2D eigenvalue weighted by Gasteiger charge is -2.18. The van der Waals surface area contributed by atoms with Crippen molar-refractivity contribution in [2.75, 3.05) is 0 Å². The summed E-state index contributed by atoms with van der Waals surface area (Å²) < 4.78 is 0.674. The molecule has 0 bridgehead atoms. The normalized spacial score (nSPS) is 15.7. The fourth-order valence-corrected chi connectivity index (χ4v) is 2.66. The molecule has 0 saturated heterocycles. The van der Waals surface area contributed by atoms with Gasteiger partial charge in [-0.2, -0.15) is 0 Å². The van der Waals surface area contributed by atoms with Crippen LogP contribution in [0, 0.1) is 5.92 Å². The van der Waals surface area contributed by atoms with Gasteiger partial charge < -0.3 is 5.32 Å². The highest BCUT2D eigenvalue weighted by Gasteiger charge is 2.33. The van der Waals surface area contributed by atoms with Gasteiger partial charge in [-0.05, 0) is 52.4 Å². The van der Waals surface area contributed by atoms with Crippen LogP contribution in [0.3, 0.4) is 0 Å². The van der Waals surface area contributed by atoms with Crippen molar-refractivity contribution in [2.24, 2.45) is 5.92 Å². The number of rotatable bonds is 4. The summed E-state index contributed by atoms with van der Waals surface area (Å²) in [4.78, 5) is 16.5. The number of hydrogen-bond donors (Lipinski definition) is 1. The average Bonchev–Trinajstić information content (AvgIpc) is 3.30. The maximum Gasteiger partial charge on any atom is 0.270 e. The average molecular weight is 331 g/mol. The van der Waals surface area contributed by atoms with Gasteiger partial charge in [0.05, 0.1) is 6.04 Å². The number of amides is 1. The fourth-order valence-electron chi connectivity index (χ4n) is 2.31. The molecule has 1 aromatic heterocycles. The van der Waals surface area contributed by atoms with E-state index in [-0.39, 0.29) is 11.9 Å². The Morgan fingerprint density at radius 3 is 2.55 bits per heavy atom. The van der Waals surface area contributed by atoms with Gasteiger partial charge in [0.2, 0.25) is 0 Å². The standard InChI is InChI=1S/C16H15BrN2O/c17-14-8-4-7-13(18-14)16(20)19-15(12-9-10-12)11-5-2-1-3-6-11/h1-8,12,15H,9-10H2,(H,19,20). The predicted molar refractivity (Wildman–Crippen MR) is 81.3 cm³/mol. The molecule has 2 aromatic rings. The zero-order valence-corrected chi connectivity index (χ0v) is 12.5. The van der Waals surface area contributed by atoms with Crippen LogP contribution in [-0.4, -0.2) is 10.9 Å². The van der Waals surface area contributed by atoms with E-state index < -0.39 is 0 Å². The summed E-state index contributed by atoms with van der Waals surface area (Å²) in [5.74, 6) is 0.431. The second-order valence-corrected chi connectivity index (χ2v) is 5.86. The van der Waals surface area contributed by atoms with Crippen LogP contribution in [0.5, 0.6) is 0 Å². The Labute approximate surface area is 126 Å². The Balaban J connectivity index is 1.79. The molecule has 20 heavy (non-hydrogen) atoms. The minimum absolute atomic E-state index is 0.0875. The summed E-state index contributed by atoms with van der Waals surface area (Å²) in [7, 11) is 0. The number of benzene rings is 1. The van der Waals surface area contributed by atoms with E-state index in [1.165, 1.54) is 18.4 Å². The Bertz CT molecular complexity index is 611. The summed E-state index contributed by atoms with van der Waals surface area (Å²) in [6.07, 6.45) is 2.34. The first kappa shape index (κ1) is 13.3. The number of aromatic nitrogens is 1. The molecule has 0 aliphatic heterocycles. The molecule has 1 fully saturated rings. The maximum atomic E-state index is 12.3. The second-order valence-electron chi connectivity index (χ2n) is 5.04. The van der Waals surface area contributed by atoms with Gasteiger partial charge in [0.25, 0.3) is 5.91 Å². The summed E-state index contributed by atoms with van der Waals surface area (Å²) >= 11 is 3.29. The third-order valence-electron chi connectivity index (χ3n) is 3.49. The third-order valence-corrected chi connectivity index (χ3v) is 3.93. The SMILES string of the molecule is O=C(NC(c1ccccc1)C1CC1)c1cccc(Br)n1. The Morgan fingerprint density at radius 1 is 1.15 bits per heavy atom. The van der Waals surface area contributed by atoms with Crippen LogP contribution < -0.4 is 5.32 Å². The van der Waals surface area contributed by atoms with Gasteiger partial charge in [0.1, 0.15) is 10.3 Å². The minimum atomic E-state index is -0.118. The third kappa shape index (κ3) is 3.07. The zero-order chi connectivity index (χ0) is 13.9. The molecule has 102 valence electrons. The van der Waals surface area contributed by atoms with E-state index in [0.717, 1.165) is 0 Å². The Kier molecular flexibility index (Phi) is 3.83. The minimum Gasteiger partial charge on any atom is -0.344 e. The molecule has 1 heterocycles. The Morgan fingerprint density at radius 2 is 1.90 bits per heavy atom. The molecule has 1 aromatic carbocycles. The van der Waals surface area contributed by atoms with Crippen LogP contribution in [-0.2, 0) is 0 Å². The highest BCUT2D eigenvalue weighted by atomic mass is 79.9. The van der Waals surface area contributed by atoms with Gasteiger partial charge in [0.15, 0.2) is 0 Å². The van der Waals surface area contributed by atoms with Crippen molar-refractivity contribution in [3.8, 4) is 0 Å². The fraction of sp³-hybridized carbons (Fsp3) is 0.250. The van der Waals surface area contributed by atoms with Gasteiger partial charge in [-0.25, -0.2) is 4.98 Å². The van der Waals surface area contributed by atoms with E-state index in [1.807, 2.05) is 30.3 Å². The molecule has 0 radical (unpaired) electrons. The molecule has 3 rings (SSSR count). The van der Waals surface area contributed by atoms with Gasteiger partial charge in [-0.3, -0.25) is 4.79 Å². The van der Waals surface area contributed by atoms with Gasteiger partial charge in [-0.1, -0.05) is 36.4 Å². The van der Waals surface area contributed by atoms with Crippen molar-refractivity contribution in [3.63, 3.8) is 0 Å². The monoisotopic (exact) mass is 330 g/mol. The Hall–Kier alpha value is -1.68. The summed E-state index contributed by atoms with van der Waals surface area (Å²) in [5, 5.41) is 3.12. The van der Waals surface area contributed by atoms with Crippen LogP contribution in [0.4, 0.5) is 0 Å². The van der Waals surface area contributed by atoms with Crippen LogP contribution in [0.15, 0.2) is 53.1 Å². The topological polar surface area (TPSA) is 42.0 Å². The first-order valence-electron chi connectivity index (χ1n) is 6.72. The predicted octanol–water partition coefficient (Wildman–Crippen LogP) is 3.73. The molecular formula is C16H15BrN2O. The lowest BCUT2D eigenvalue weighted by molar-refractivity contribution is 0.0926. The van der Waals surface area contributed by atoms with E-state index >= 15 is 0 Å². The lowest BCUT2D eigenvalue weighted by Crippen LogP contribution is -2.30. The van der Waals surface area contributed by atoms with Crippen molar-refractivity contribution >= 4 is 21.8 Å². The second kappa shape index (κ2) is 5.75. The van der Waals surface area contributed by atoms with E-state index in [9.17, 15) is 4.79 Å². The van der Waals surface area contributed by atoms with Crippen LogP contribution in [0.25, 0.3) is 0 Å². The van der Waals surface area contributed by atoms with Crippen LogP contribution in [0.1, 0.15) is 34.9 Å². The molecular weight excluding hydrogens is 316 g/mol. The van der Waals surface area contributed by atoms with Crippen LogP contribution >= 0.6 is 15.9 Å². The molecule has 3 nitrogen and oxygen atoms in total. The molecule has 4 heteroatoms. The number of nitrogens with one attached hydrogen (secondary N) is 1. The highest BCUT2D eigenvalue weighted by Crippen LogP contribution is 2.41. The smallest absolute Gasteiger partial charge is 0.270 e. The largest absolute Gasteiger partial charge is 0.344 e. The maximum absolute atomic E-state index is 12.3. The summed E-state index contributed by atoms with van der Waals surface area (Å²) in [5.41, 5.74) is 1.61. The molecule has 1 amide bonds. The number of carbonyl (C=O) groups excluding carboxylic acids is 1. The summed E-state index contributed by atoms with van der Waals surface area (Å²) in [6, 6.07) is 15.6. The number of carbonyl (C=O) groups is 1. The van der Waals surface area contributed by atoms with Crippen molar-refractivity contribution < 1.29 is 4.79 Å². The molecule has 1 aliphatic rings. The quantitative estimate of drug-likeness (QED) is 0.868. The number of nitrogens with zero attached hydrogens (tertiary/aromatic N) is 1. The first-order valence-corrected chi connectivity index (χ1v) is 7.52. The molecule has 1 unspecified atom stereocenters. The lowest BCUT2D eigenvalue weighted by atomic mass is 10.0. The van der Waals surface area contributed by atoms with Crippen molar-refractivity contribution in [1.82, 2.24) is 10.3 Å². The molecule has 1 N–H and O–H groups in total. The van der Waals surface area contributed by atoms with E-state index in [4.69, 9.17) is 0 Å². The van der Waals surface area contributed by atoms with E-state index in [1.54, 1.807) is 6.07 Å². The van der Waals surface area contributed by atoms with Gasteiger partial charge >= 0.3 is 0 Å². The van der Waals surface area contributed by atoms with Crippen molar-refractivity contribution in [3.05, 3.63) is 64.4 Å². The number of hydrogen-bond acceptors (Lipinski definition) is 2. The molecule has 0 spiro atoms. The highest BCUT2D eigenvalue weighted by molar-refractivity contribution is 9.10. The summed E-state index contributed by atoms with van der Waals surface area (Å²) in [6.45, 7) is 0. The first-order chi connectivity index (χ1) is 9.74. The van der Waals surface area contributed by atoms with E-state index in [2.05, 4.69) is 38.4 Å². The zero-order valence-electron chi connectivity index (χ0n) is 10.9. The van der Waals surface area contributed by atoms with Crippen molar-refractivity contribution in [1.29, 1.82) is 0 Å². The molecule has 1 saturated carbocycles. The van der Waals surface area contributed by atoms with E-state index in [0.29, 0.717) is 16.2 Å².